The van der Waals surface area contributed by atoms with E-state index in [1.54, 1.807) is 6.92 Å². The number of anilines is 1. The van der Waals surface area contributed by atoms with E-state index in [9.17, 15) is 19.7 Å². The zero-order valence-electron chi connectivity index (χ0n) is 10.5. The fourth-order valence-corrected chi connectivity index (χ4v) is 1.25. The summed E-state index contributed by atoms with van der Waals surface area (Å²) in [5.74, 6) is -1.35. The molecular weight excluding hydrogens is 250 g/mol. The standard InChI is InChI=1S/C12H13N3O4/c1-7(8(2)16)6-14-12(17)9-4-3-5-10(11(9)13)15(18)19/h3-7H,13H2,1-2H3. The van der Waals surface area contributed by atoms with Gasteiger partial charge in [-0.3, -0.25) is 19.7 Å². The number of hydrogen-bond acceptors (Lipinski definition) is 5. The van der Waals surface area contributed by atoms with Crippen LogP contribution in [0.1, 0.15) is 24.2 Å². The first kappa shape index (κ1) is 14.5. The quantitative estimate of drug-likeness (QED) is 0.383. The summed E-state index contributed by atoms with van der Waals surface area (Å²) in [5.41, 5.74) is 4.92. The van der Waals surface area contributed by atoms with E-state index in [4.69, 9.17) is 5.73 Å². The van der Waals surface area contributed by atoms with Crippen LogP contribution in [0.5, 0.6) is 0 Å². The van der Waals surface area contributed by atoms with Crippen molar-refractivity contribution in [2.24, 2.45) is 10.9 Å². The van der Waals surface area contributed by atoms with Crippen LogP contribution in [0, 0.1) is 16.0 Å². The van der Waals surface area contributed by atoms with E-state index >= 15 is 0 Å². The van der Waals surface area contributed by atoms with Crippen molar-refractivity contribution in [3.63, 3.8) is 0 Å². The first-order valence-electron chi connectivity index (χ1n) is 5.46. The van der Waals surface area contributed by atoms with Crippen molar-refractivity contribution >= 4 is 29.3 Å². The van der Waals surface area contributed by atoms with Crippen LogP contribution in [-0.2, 0) is 4.79 Å². The van der Waals surface area contributed by atoms with Crippen LogP contribution in [0.25, 0.3) is 0 Å². The Kier molecular flexibility index (Phi) is 4.46. The number of Topliss-reactive ketones (excluding diaryl/α,β-unsaturated/α-hetero) is 1. The second-order valence-electron chi connectivity index (χ2n) is 3.98. The second kappa shape index (κ2) is 5.85. The molecule has 0 heterocycles. The fraction of sp³-hybridized carbons (Fsp3) is 0.250. The van der Waals surface area contributed by atoms with Crippen molar-refractivity contribution in [3.8, 4) is 0 Å². The maximum absolute atomic E-state index is 11.8. The van der Waals surface area contributed by atoms with Crippen molar-refractivity contribution < 1.29 is 14.5 Å². The number of nitro groups is 1. The minimum absolute atomic E-state index is 0.0544. The fourth-order valence-electron chi connectivity index (χ4n) is 1.25. The molecule has 7 heteroatoms. The number of aliphatic imine (C=N–C) groups is 1. The van der Waals surface area contributed by atoms with E-state index in [2.05, 4.69) is 4.99 Å². The maximum Gasteiger partial charge on any atom is 0.292 e. The van der Waals surface area contributed by atoms with Crippen LogP contribution in [-0.4, -0.2) is 22.8 Å². The molecule has 1 amide bonds. The first-order valence-corrected chi connectivity index (χ1v) is 5.46. The average molecular weight is 263 g/mol. The summed E-state index contributed by atoms with van der Waals surface area (Å²) in [5, 5.41) is 10.7. The Bertz CT molecular complexity index is 566. The number of carbonyl (C=O) groups is 2. The van der Waals surface area contributed by atoms with Crippen molar-refractivity contribution in [1.29, 1.82) is 0 Å². The molecule has 1 atom stereocenters. The molecule has 0 fully saturated rings. The number of amides is 1. The van der Waals surface area contributed by atoms with E-state index in [1.807, 2.05) is 0 Å². The lowest BCUT2D eigenvalue weighted by Crippen LogP contribution is -2.10. The number of hydrogen-bond donors (Lipinski definition) is 1. The number of nitrogens with two attached hydrogens (primary N) is 1. The molecule has 0 bridgehead atoms. The summed E-state index contributed by atoms with van der Waals surface area (Å²) >= 11 is 0. The zero-order chi connectivity index (χ0) is 14.6. The van der Waals surface area contributed by atoms with Crippen LogP contribution in [0.15, 0.2) is 23.2 Å². The lowest BCUT2D eigenvalue weighted by atomic mass is 10.1. The number of benzene rings is 1. The largest absolute Gasteiger partial charge is 0.393 e. The molecule has 1 aromatic rings. The Morgan fingerprint density at radius 3 is 2.63 bits per heavy atom. The normalized spacial score (nSPS) is 12.3. The van der Waals surface area contributed by atoms with Gasteiger partial charge in [-0.1, -0.05) is 13.0 Å². The van der Waals surface area contributed by atoms with E-state index in [1.165, 1.54) is 31.3 Å². The predicted molar refractivity (Wildman–Crippen MR) is 70.2 cm³/mol. The van der Waals surface area contributed by atoms with Crippen molar-refractivity contribution in [1.82, 2.24) is 0 Å². The molecule has 1 aromatic carbocycles. The molecule has 1 unspecified atom stereocenters. The van der Waals surface area contributed by atoms with Gasteiger partial charge in [0.1, 0.15) is 11.5 Å². The Hall–Kier alpha value is -2.57. The monoisotopic (exact) mass is 263 g/mol. The highest BCUT2D eigenvalue weighted by atomic mass is 16.6. The zero-order valence-corrected chi connectivity index (χ0v) is 10.5. The highest BCUT2D eigenvalue weighted by molar-refractivity contribution is 6.06. The molecule has 0 aromatic heterocycles. The summed E-state index contributed by atoms with van der Waals surface area (Å²) in [6.07, 6.45) is 1.20. The Labute approximate surface area is 109 Å². The Morgan fingerprint density at radius 2 is 2.11 bits per heavy atom. The van der Waals surface area contributed by atoms with Gasteiger partial charge in [0.05, 0.1) is 16.4 Å². The summed E-state index contributed by atoms with van der Waals surface area (Å²) in [6, 6.07) is 3.90. The minimum Gasteiger partial charge on any atom is -0.393 e. The van der Waals surface area contributed by atoms with Gasteiger partial charge in [-0.25, -0.2) is 4.99 Å². The minimum atomic E-state index is -0.714. The number of nitrogen functional groups attached to an aromatic ring is 1. The number of rotatable bonds is 4. The third-order valence-electron chi connectivity index (χ3n) is 2.57. The van der Waals surface area contributed by atoms with Crippen LogP contribution in [0.3, 0.4) is 0 Å². The molecule has 7 nitrogen and oxygen atoms in total. The first-order chi connectivity index (χ1) is 8.84. The van der Waals surface area contributed by atoms with Gasteiger partial charge < -0.3 is 5.73 Å². The molecule has 1 rings (SSSR count). The van der Waals surface area contributed by atoms with Gasteiger partial charge in [0.2, 0.25) is 0 Å². The molecule has 0 aliphatic carbocycles. The van der Waals surface area contributed by atoms with E-state index in [-0.39, 0.29) is 22.7 Å². The summed E-state index contributed by atoms with van der Waals surface area (Å²) in [7, 11) is 0. The third kappa shape index (κ3) is 3.44. The topological polar surface area (TPSA) is 116 Å². The van der Waals surface area contributed by atoms with Gasteiger partial charge in [0.25, 0.3) is 11.6 Å². The maximum atomic E-state index is 11.8. The van der Waals surface area contributed by atoms with Gasteiger partial charge in [-0.05, 0) is 13.0 Å². The summed E-state index contributed by atoms with van der Waals surface area (Å²) in [4.78, 5) is 36.3. The molecule has 0 saturated heterocycles. The second-order valence-corrected chi connectivity index (χ2v) is 3.98. The van der Waals surface area contributed by atoms with Crippen molar-refractivity contribution in [2.45, 2.75) is 13.8 Å². The molecule has 19 heavy (non-hydrogen) atoms. The Balaban J connectivity index is 3.05. The average Bonchev–Trinajstić information content (AvgIpc) is 2.35. The molecule has 2 N–H and O–H groups in total. The smallest absolute Gasteiger partial charge is 0.292 e. The SMILES string of the molecule is CC(=O)C(C)C=NC(=O)c1cccc([N+](=O)[O-])c1N. The number of nitrogens with zero attached hydrogens (tertiary/aromatic N) is 2. The number of nitro benzene ring substituents is 1. The number of ketones is 1. The molecule has 0 aliphatic rings. The lowest BCUT2D eigenvalue weighted by Gasteiger charge is -2.02. The number of carbonyl (C=O) groups excluding carboxylic acids is 2. The third-order valence-corrected chi connectivity index (χ3v) is 2.57. The van der Waals surface area contributed by atoms with E-state index in [0.29, 0.717) is 0 Å². The van der Waals surface area contributed by atoms with Gasteiger partial charge in [0, 0.05) is 12.3 Å². The molecule has 0 spiro atoms. The molecular formula is C12H13N3O4. The molecule has 0 radical (unpaired) electrons. The molecule has 100 valence electrons. The predicted octanol–water partition coefficient (Wildman–Crippen LogP) is 1.61. The van der Waals surface area contributed by atoms with Crippen LogP contribution in [0.2, 0.25) is 0 Å². The number of para-hydroxylation sites is 1. The van der Waals surface area contributed by atoms with E-state index < -0.39 is 16.7 Å². The van der Waals surface area contributed by atoms with Crippen LogP contribution >= 0.6 is 0 Å². The molecule has 0 aliphatic heterocycles. The van der Waals surface area contributed by atoms with Gasteiger partial charge in [-0.15, -0.1) is 0 Å². The molecule has 0 saturated carbocycles. The Morgan fingerprint density at radius 1 is 1.47 bits per heavy atom. The van der Waals surface area contributed by atoms with E-state index in [0.717, 1.165) is 0 Å². The van der Waals surface area contributed by atoms with Gasteiger partial charge >= 0.3 is 0 Å². The van der Waals surface area contributed by atoms with Crippen LogP contribution in [0.4, 0.5) is 11.4 Å². The summed E-state index contributed by atoms with van der Waals surface area (Å²) < 4.78 is 0. The summed E-state index contributed by atoms with van der Waals surface area (Å²) in [6.45, 7) is 2.97. The lowest BCUT2D eigenvalue weighted by molar-refractivity contribution is -0.383. The van der Waals surface area contributed by atoms with Crippen molar-refractivity contribution in [3.05, 3.63) is 33.9 Å². The highest BCUT2D eigenvalue weighted by Crippen LogP contribution is 2.25. The van der Waals surface area contributed by atoms with Crippen LogP contribution < -0.4 is 5.73 Å². The van der Waals surface area contributed by atoms with Crippen molar-refractivity contribution in [2.75, 3.05) is 5.73 Å². The highest BCUT2D eigenvalue weighted by Gasteiger charge is 2.18. The van der Waals surface area contributed by atoms with Gasteiger partial charge in [0.15, 0.2) is 0 Å². The van der Waals surface area contributed by atoms with Gasteiger partial charge in [-0.2, -0.15) is 0 Å².